The number of amides is 1. The van der Waals surface area contributed by atoms with Crippen molar-refractivity contribution >= 4 is 44.4 Å². The Morgan fingerprint density at radius 1 is 1.06 bits per heavy atom. The largest absolute Gasteiger partial charge is 0.281 e. The second-order valence-electron chi connectivity index (χ2n) is 7.75. The molecule has 0 saturated heterocycles. The fraction of sp³-hybridized carbons (Fsp3) is 0.240. The van der Waals surface area contributed by atoms with E-state index in [0.29, 0.717) is 18.2 Å². The van der Waals surface area contributed by atoms with Crippen molar-refractivity contribution in [2.24, 2.45) is 0 Å². The van der Waals surface area contributed by atoms with Crippen LogP contribution in [0.5, 0.6) is 0 Å². The number of para-hydroxylation sites is 1. The molecule has 2 aromatic carbocycles. The van der Waals surface area contributed by atoms with Gasteiger partial charge in [-0.3, -0.25) is 14.7 Å². The normalized spacial score (nSPS) is 11.2. The predicted octanol–water partition coefficient (Wildman–Crippen LogP) is 6.45. The lowest BCUT2D eigenvalue weighted by Crippen LogP contribution is -2.32. The van der Waals surface area contributed by atoms with Crippen molar-refractivity contribution in [3.63, 3.8) is 0 Å². The zero-order chi connectivity index (χ0) is 21.8. The van der Waals surface area contributed by atoms with Crippen molar-refractivity contribution in [1.29, 1.82) is 0 Å². The molecule has 0 aliphatic carbocycles. The second kappa shape index (κ2) is 9.62. The monoisotopic (exact) mass is 447 g/mol. The minimum absolute atomic E-state index is 0.0291. The molecule has 4 rings (SSSR count). The maximum absolute atomic E-state index is 13.3. The number of carbonyl (C=O) groups is 1. The van der Waals surface area contributed by atoms with Gasteiger partial charge in [0, 0.05) is 11.1 Å². The first-order valence-electron chi connectivity index (χ1n) is 10.3. The Balaban J connectivity index is 1.64. The minimum atomic E-state index is 0.0291. The number of hydrogen-bond acceptors (Lipinski definition) is 5. The Morgan fingerprint density at radius 2 is 1.87 bits per heavy atom. The molecule has 0 radical (unpaired) electrons. The van der Waals surface area contributed by atoms with Gasteiger partial charge in [0.15, 0.2) is 5.13 Å². The highest BCUT2D eigenvalue weighted by atomic mass is 32.2. The van der Waals surface area contributed by atoms with Gasteiger partial charge in [-0.15, -0.1) is 11.8 Å². The Hall–Kier alpha value is -2.70. The zero-order valence-electron chi connectivity index (χ0n) is 17.9. The Labute approximate surface area is 191 Å². The summed E-state index contributed by atoms with van der Waals surface area (Å²) in [7, 11) is 0. The van der Waals surface area contributed by atoms with Gasteiger partial charge >= 0.3 is 0 Å². The van der Waals surface area contributed by atoms with E-state index in [1.54, 1.807) is 34.2 Å². The molecule has 1 amide bonds. The smallest absolute Gasteiger partial charge is 0.239 e. The number of fused-ring (bicyclic) bond motifs is 1. The van der Waals surface area contributed by atoms with Crippen LogP contribution in [-0.4, -0.2) is 21.6 Å². The Morgan fingerprint density at radius 3 is 2.58 bits per heavy atom. The summed E-state index contributed by atoms with van der Waals surface area (Å²) in [5.41, 5.74) is 4.25. The lowest BCUT2D eigenvalue weighted by molar-refractivity contribution is -0.116. The summed E-state index contributed by atoms with van der Waals surface area (Å²) >= 11 is 3.12. The van der Waals surface area contributed by atoms with Crippen molar-refractivity contribution < 1.29 is 4.79 Å². The summed E-state index contributed by atoms with van der Waals surface area (Å²) in [6.07, 6.45) is 1.76. The second-order valence-corrected chi connectivity index (χ2v) is 9.81. The standard InChI is InChI=1S/C25H25N3OS2/c1-17(2)21-8-6-9-22-24(21)27-25(31-22)28(15-19-7-4-5-14-26-19)23(29)16-30-20-12-10-18(3)11-13-20/h4-14,17H,15-16H2,1-3H3. The molecule has 0 aliphatic heterocycles. The van der Waals surface area contributed by atoms with E-state index >= 15 is 0 Å². The van der Waals surface area contributed by atoms with Gasteiger partial charge < -0.3 is 0 Å². The van der Waals surface area contributed by atoms with Crippen LogP contribution in [0.3, 0.4) is 0 Å². The van der Waals surface area contributed by atoms with Gasteiger partial charge in [-0.2, -0.15) is 0 Å². The zero-order valence-corrected chi connectivity index (χ0v) is 19.5. The molecule has 6 heteroatoms. The van der Waals surface area contributed by atoms with Gasteiger partial charge in [-0.05, 0) is 48.7 Å². The van der Waals surface area contributed by atoms with Gasteiger partial charge in [0.05, 0.1) is 28.2 Å². The number of anilines is 1. The first-order chi connectivity index (χ1) is 15.0. The maximum Gasteiger partial charge on any atom is 0.239 e. The number of nitrogens with zero attached hydrogens (tertiary/aromatic N) is 3. The van der Waals surface area contributed by atoms with E-state index in [0.717, 1.165) is 25.9 Å². The summed E-state index contributed by atoms with van der Waals surface area (Å²) in [6.45, 7) is 6.81. The van der Waals surface area contributed by atoms with Crippen LogP contribution >= 0.6 is 23.1 Å². The molecule has 4 nitrogen and oxygen atoms in total. The van der Waals surface area contributed by atoms with E-state index in [1.165, 1.54) is 11.1 Å². The van der Waals surface area contributed by atoms with E-state index < -0.39 is 0 Å². The molecule has 158 valence electrons. The molecule has 4 aromatic rings. The highest BCUT2D eigenvalue weighted by Gasteiger charge is 2.22. The third-order valence-electron chi connectivity index (χ3n) is 5.02. The summed E-state index contributed by atoms with van der Waals surface area (Å²) in [6, 6.07) is 20.3. The van der Waals surface area contributed by atoms with Crippen LogP contribution in [0.1, 0.15) is 36.6 Å². The number of aryl methyl sites for hydroxylation is 1. The summed E-state index contributed by atoms with van der Waals surface area (Å²) in [5, 5.41) is 0.725. The fourth-order valence-corrected chi connectivity index (χ4v) is 5.10. The van der Waals surface area contributed by atoms with Crippen LogP contribution in [0, 0.1) is 6.92 Å². The molecular formula is C25H25N3OS2. The molecular weight excluding hydrogens is 422 g/mol. The van der Waals surface area contributed by atoms with E-state index in [9.17, 15) is 4.79 Å². The number of hydrogen-bond donors (Lipinski definition) is 0. The number of rotatable bonds is 7. The molecule has 0 saturated carbocycles. The third-order valence-corrected chi connectivity index (χ3v) is 7.06. The number of pyridine rings is 1. The van der Waals surface area contributed by atoms with Crippen molar-refractivity contribution in [3.05, 3.63) is 83.7 Å². The van der Waals surface area contributed by atoms with E-state index in [2.05, 4.69) is 68.2 Å². The first kappa shape index (κ1) is 21.5. The molecule has 2 heterocycles. The van der Waals surface area contributed by atoms with Crippen molar-refractivity contribution in [3.8, 4) is 0 Å². The highest BCUT2D eigenvalue weighted by Crippen LogP contribution is 2.34. The van der Waals surface area contributed by atoms with Crippen LogP contribution in [-0.2, 0) is 11.3 Å². The minimum Gasteiger partial charge on any atom is -0.281 e. The molecule has 0 atom stereocenters. The van der Waals surface area contributed by atoms with Crippen LogP contribution in [0.4, 0.5) is 5.13 Å². The average Bonchev–Trinajstić information content (AvgIpc) is 3.21. The third kappa shape index (κ3) is 5.14. The highest BCUT2D eigenvalue weighted by molar-refractivity contribution is 8.00. The van der Waals surface area contributed by atoms with Gasteiger partial charge in [-0.25, -0.2) is 4.98 Å². The van der Waals surface area contributed by atoms with Gasteiger partial charge in [0.2, 0.25) is 5.91 Å². The number of carbonyl (C=O) groups excluding carboxylic acids is 1. The molecule has 0 spiro atoms. The van der Waals surface area contributed by atoms with Gasteiger partial charge in [0.25, 0.3) is 0 Å². The van der Waals surface area contributed by atoms with Crippen molar-refractivity contribution in [1.82, 2.24) is 9.97 Å². The summed E-state index contributed by atoms with van der Waals surface area (Å²) in [4.78, 5) is 25.5. The molecule has 0 N–H and O–H groups in total. The quantitative estimate of drug-likeness (QED) is 0.306. The molecule has 0 fully saturated rings. The molecule has 0 aliphatic rings. The summed E-state index contributed by atoms with van der Waals surface area (Å²) < 4.78 is 1.10. The summed E-state index contributed by atoms with van der Waals surface area (Å²) in [5.74, 6) is 0.750. The van der Waals surface area contributed by atoms with Crippen molar-refractivity contribution in [2.75, 3.05) is 10.7 Å². The van der Waals surface area contributed by atoms with Crippen molar-refractivity contribution in [2.45, 2.75) is 38.1 Å². The van der Waals surface area contributed by atoms with Gasteiger partial charge in [-0.1, -0.05) is 61.1 Å². The van der Waals surface area contributed by atoms with E-state index in [1.807, 2.05) is 18.2 Å². The topological polar surface area (TPSA) is 46.1 Å². The van der Waals surface area contributed by atoms with Gasteiger partial charge in [0.1, 0.15) is 0 Å². The average molecular weight is 448 g/mol. The Bertz CT molecular complexity index is 1170. The maximum atomic E-state index is 13.3. The number of thiazole rings is 1. The SMILES string of the molecule is Cc1ccc(SCC(=O)N(Cc2ccccn2)c2nc3c(C(C)C)cccc3s2)cc1. The predicted molar refractivity (Wildman–Crippen MR) is 131 cm³/mol. The number of thioether (sulfide) groups is 1. The lowest BCUT2D eigenvalue weighted by atomic mass is 10.0. The molecule has 0 unspecified atom stereocenters. The Kier molecular flexibility index (Phi) is 6.68. The molecule has 2 aromatic heterocycles. The first-order valence-corrected chi connectivity index (χ1v) is 12.1. The van der Waals surface area contributed by atoms with Crippen LogP contribution in [0.2, 0.25) is 0 Å². The van der Waals surface area contributed by atoms with E-state index in [-0.39, 0.29) is 5.91 Å². The van der Waals surface area contributed by atoms with Crippen LogP contribution in [0.25, 0.3) is 10.2 Å². The number of benzene rings is 2. The van der Waals surface area contributed by atoms with Crippen LogP contribution in [0.15, 0.2) is 71.8 Å². The van der Waals surface area contributed by atoms with E-state index in [4.69, 9.17) is 4.98 Å². The molecule has 31 heavy (non-hydrogen) atoms. The van der Waals surface area contributed by atoms with Crippen LogP contribution < -0.4 is 4.90 Å². The molecule has 0 bridgehead atoms. The lowest BCUT2D eigenvalue weighted by Gasteiger charge is -2.19. The fourth-order valence-electron chi connectivity index (χ4n) is 3.31. The number of aromatic nitrogens is 2.